The third-order valence-electron chi connectivity index (χ3n) is 17.7. The van der Waals surface area contributed by atoms with E-state index in [4.69, 9.17) is 14.2 Å². The van der Waals surface area contributed by atoms with Gasteiger partial charge >= 0.3 is 5.97 Å². The molecule has 1 aliphatic heterocycles. The molecule has 1 saturated heterocycles. The zero-order valence-electron chi connectivity index (χ0n) is 56.7. The number of allylic oxidation sites excluding steroid dienone is 7. The lowest BCUT2D eigenvalue weighted by Crippen LogP contribution is -2.60. The molecule has 0 aromatic heterocycles. The molecule has 0 saturated carbocycles. The van der Waals surface area contributed by atoms with Gasteiger partial charge in [-0.3, -0.25) is 9.59 Å². The van der Waals surface area contributed by atoms with E-state index < -0.39 is 49.5 Å². The van der Waals surface area contributed by atoms with Gasteiger partial charge in [0.2, 0.25) is 5.91 Å². The second kappa shape index (κ2) is 65.1. The van der Waals surface area contributed by atoms with E-state index in [1.165, 1.54) is 270 Å². The van der Waals surface area contributed by atoms with Gasteiger partial charge in [-0.15, -0.1) is 0 Å². The first kappa shape index (κ1) is 82.6. The maximum Gasteiger partial charge on any atom is 0.305 e. The number of rotatable bonds is 66. The molecule has 1 fully saturated rings. The Morgan fingerprint density at radius 2 is 0.770 bits per heavy atom. The van der Waals surface area contributed by atoms with Gasteiger partial charge in [-0.1, -0.05) is 306 Å². The van der Waals surface area contributed by atoms with Crippen LogP contribution in [0.25, 0.3) is 0 Å². The van der Waals surface area contributed by atoms with Crippen LogP contribution < -0.4 is 5.32 Å². The maximum absolute atomic E-state index is 13.0. The minimum atomic E-state index is -1.57. The number of hydrogen-bond donors (Lipinski definition) is 6. The van der Waals surface area contributed by atoms with Crippen LogP contribution in [0.3, 0.4) is 0 Å². The van der Waals surface area contributed by atoms with Crippen LogP contribution in [0.2, 0.25) is 0 Å². The summed E-state index contributed by atoms with van der Waals surface area (Å²) in [5.41, 5.74) is 0. The Morgan fingerprint density at radius 1 is 0.425 bits per heavy atom. The minimum absolute atomic E-state index is 0.00376. The lowest BCUT2D eigenvalue weighted by molar-refractivity contribution is -0.302. The highest BCUT2D eigenvalue weighted by molar-refractivity contribution is 5.76. The molecule has 6 N–H and O–H groups in total. The summed E-state index contributed by atoms with van der Waals surface area (Å²) >= 11 is 0. The maximum atomic E-state index is 13.0. The molecule has 0 spiro atoms. The first-order valence-electron chi connectivity index (χ1n) is 37.4. The summed E-state index contributed by atoms with van der Waals surface area (Å²) in [6, 6.07) is -0.806. The van der Waals surface area contributed by atoms with Crippen LogP contribution in [0.1, 0.15) is 361 Å². The van der Waals surface area contributed by atoms with E-state index in [0.29, 0.717) is 19.4 Å². The summed E-state index contributed by atoms with van der Waals surface area (Å²) in [6.45, 7) is 4.32. The molecule has 1 heterocycles. The Balaban J connectivity index is 1.88. The third kappa shape index (κ3) is 53.9. The number of aliphatic hydroxyl groups is 5. The van der Waals surface area contributed by atoms with E-state index >= 15 is 0 Å². The van der Waals surface area contributed by atoms with Crippen molar-refractivity contribution in [2.24, 2.45) is 0 Å². The second-order valence-corrected chi connectivity index (χ2v) is 26.0. The number of esters is 1. The fourth-order valence-electron chi connectivity index (χ4n) is 11.8. The van der Waals surface area contributed by atoms with Gasteiger partial charge in [0.05, 0.1) is 32.0 Å². The quantitative estimate of drug-likeness (QED) is 0.0195. The Kier molecular flexibility index (Phi) is 61.9. The molecule has 1 aliphatic rings. The molecule has 11 heteroatoms. The van der Waals surface area contributed by atoms with Crippen molar-refractivity contribution in [3.63, 3.8) is 0 Å². The van der Waals surface area contributed by atoms with E-state index in [2.05, 4.69) is 55.6 Å². The van der Waals surface area contributed by atoms with E-state index in [-0.39, 0.29) is 18.5 Å². The minimum Gasteiger partial charge on any atom is -0.466 e. The average Bonchev–Trinajstić information content (AvgIpc) is 3.02. The van der Waals surface area contributed by atoms with E-state index in [0.717, 1.165) is 64.2 Å². The van der Waals surface area contributed by atoms with Crippen LogP contribution in [0, 0.1) is 0 Å². The number of hydrogen-bond acceptors (Lipinski definition) is 10. The fraction of sp³-hybridized carbons (Fsp3) is 0.868. The normalized spacial score (nSPS) is 18.1. The molecule has 1 rings (SSSR count). The standard InChI is InChI=1S/C76H141NO10/c1-3-5-7-9-11-13-14-15-16-34-38-41-44-48-52-56-60-64-72(81)85-65-61-57-53-49-45-42-39-36-33-31-29-27-25-23-21-19-17-18-20-22-24-26-28-30-32-35-37-40-43-47-51-55-59-63-71(80)77-68(69(79)62-58-54-50-46-12-10-8-6-4-2)67-86-76-75(84)74(83)73(82)70(66-78)87-76/h11,13,15-16,21,23,58,62,68-70,73-76,78-79,82-84H,3-10,12,14,17-20,22,24-57,59-61,63-67H2,1-2H3,(H,77,80)/b13-11-,16-15-,23-21-,62-58+. The lowest BCUT2D eigenvalue weighted by atomic mass is 9.99. The number of carbonyl (C=O) groups is 2. The molecule has 0 aromatic carbocycles. The summed E-state index contributed by atoms with van der Waals surface area (Å²) in [7, 11) is 0. The molecule has 0 aromatic rings. The SMILES string of the molecule is CCCCC/C=C\C/C=C\CCCCCCCCCC(=O)OCCCCCCCCCCCCCC/C=C\CCCCCCCCCCCCCCCCCCCC(=O)NC(COC1OC(CO)C(O)C(O)C1O)C(O)/C=C/CCCCCCCCC. The van der Waals surface area contributed by atoms with E-state index in [1.54, 1.807) is 6.08 Å². The predicted octanol–water partition coefficient (Wildman–Crippen LogP) is 19.5. The lowest BCUT2D eigenvalue weighted by Gasteiger charge is -2.40. The van der Waals surface area contributed by atoms with E-state index in [1.807, 2.05) is 6.08 Å². The third-order valence-corrected chi connectivity index (χ3v) is 17.7. The number of aliphatic hydroxyl groups excluding tert-OH is 5. The van der Waals surface area contributed by atoms with Crippen molar-refractivity contribution in [3.8, 4) is 0 Å². The predicted molar refractivity (Wildman–Crippen MR) is 366 cm³/mol. The molecule has 1 amide bonds. The van der Waals surface area contributed by atoms with Gasteiger partial charge in [-0.25, -0.2) is 0 Å². The molecule has 11 nitrogen and oxygen atoms in total. The molecule has 0 aliphatic carbocycles. The van der Waals surface area contributed by atoms with E-state index in [9.17, 15) is 35.1 Å². The zero-order chi connectivity index (χ0) is 63.0. The van der Waals surface area contributed by atoms with Crippen LogP contribution in [0.15, 0.2) is 48.6 Å². The topological polar surface area (TPSA) is 175 Å². The molecule has 87 heavy (non-hydrogen) atoms. The van der Waals surface area contributed by atoms with Crippen molar-refractivity contribution < 1.29 is 49.3 Å². The molecule has 0 bridgehead atoms. The van der Waals surface area contributed by atoms with Gasteiger partial charge in [0.25, 0.3) is 0 Å². The average molecular weight is 1230 g/mol. The number of amides is 1. The van der Waals surface area contributed by atoms with Gasteiger partial charge < -0.3 is 45.1 Å². The van der Waals surface area contributed by atoms with Crippen LogP contribution in [0.5, 0.6) is 0 Å². The van der Waals surface area contributed by atoms with Crippen LogP contribution in [0.4, 0.5) is 0 Å². The van der Waals surface area contributed by atoms with Crippen molar-refractivity contribution in [2.75, 3.05) is 19.8 Å². The summed E-state index contributed by atoms with van der Waals surface area (Å²) < 4.78 is 16.7. The molecule has 510 valence electrons. The Morgan fingerprint density at radius 3 is 1.20 bits per heavy atom. The monoisotopic (exact) mass is 1230 g/mol. The van der Waals surface area contributed by atoms with Gasteiger partial charge in [0, 0.05) is 12.8 Å². The summed E-state index contributed by atoms with van der Waals surface area (Å²) in [5.74, 6) is -0.176. The van der Waals surface area contributed by atoms with Crippen molar-refractivity contribution in [1.29, 1.82) is 0 Å². The van der Waals surface area contributed by atoms with Gasteiger partial charge in [-0.05, 0) is 89.9 Å². The second-order valence-electron chi connectivity index (χ2n) is 26.0. The Labute approximate surface area is 536 Å². The van der Waals surface area contributed by atoms with Crippen molar-refractivity contribution in [2.45, 2.75) is 403 Å². The molecular formula is C76H141NO10. The van der Waals surface area contributed by atoms with Gasteiger partial charge in [0.15, 0.2) is 6.29 Å². The highest BCUT2D eigenvalue weighted by atomic mass is 16.7. The van der Waals surface area contributed by atoms with Crippen LogP contribution in [-0.2, 0) is 23.8 Å². The number of unbranched alkanes of at least 4 members (excludes halogenated alkanes) is 46. The number of nitrogens with one attached hydrogen (secondary N) is 1. The number of carbonyl (C=O) groups excluding carboxylic acids is 2. The first-order chi connectivity index (χ1) is 42.7. The smallest absolute Gasteiger partial charge is 0.305 e. The fourth-order valence-corrected chi connectivity index (χ4v) is 11.8. The molecule has 7 unspecified atom stereocenters. The van der Waals surface area contributed by atoms with Crippen molar-refractivity contribution in [3.05, 3.63) is 48.6 Å². The molecular weight excluding hydrogens is 1090 g/mol. The van der Waals surface area contributed by atoms with Crippen molar-refractivity contribution >= 4 is 11.9 Å². The first-order valence-corrected chi connectivity index (χ1v) is 37.4. The Hall–Kier alpha value is -2.38. The summed E-state index contributed by atoms with van der Waals surface area (Å²) in [5, 5.41) is 54.3. The Bertz CT molecular complexity index is 1580. The molecule has 0 radical (unpaired) electrons. The largest absolute Gasteiger partial charge is 0.466 e. The number of ether oxygens (including phenoxy) is 3. The summed E-state index contributed by atoms with van der Waals surface area (Å²) in [6.07, 6.45) is 75.7. The highest BCUT2D eigenvalue weighted by Crippen LogP contribution is 2.23. The van der Waals surface area contributed by atoms with Crippen LogP contribution in [-0.4, -0.2) is 100 Å². The van der Waals surface area contributed by atoms with Gasteiger partial charge in [-0.2, -0.15) is 0 Å². The highest BCUT2D eigenvalue weighted by Gasteiger charge is 2.44. The van der Waals surface area contributed by atoms with Gasteiger partial charge in [0.1, 0.15) is 24.4 Å². The zero-order valence-corrected chi connectivity index (χ0v) is 56.7. The summed E-state index contributed by atoms with van der Waals surface area (Å²) in [4.78, 5) is 25.1. The van der Waals surface area contributed by atoms with Crippen molar-refractivity contribution in [1.82, 2.24) is 5.32 Å². The molecule has 7 atom stereocenters. The van der Waals surface area contributed by atoms with Crippen LogP contribution >= 0.6 is 0 Å².